The molecule has 2 aliphatic rings. The van der Waals surface area contributed by atoms with Gasteiger partial charge in [-0.2, -0.15) is 0 Å². The standard InChI is InChI=1S/C25H32N2O3/c1-18(19-7-9-21(10-8-19)20-5-3-2-4-6-20)26-13-15-27(16-14-26)22-11-12-24(28)23(17-22)25(29)30/h7-12,17-18,20,28H,2-6,13-16H2,1H3,(H,29,30). The third-order valence-electron chi connectivity index (χ3n) is 6.93. The van der Waals surface area contributed by atoms with Gasteiger partial charge in [0.15, 0.2) is 0 Å². The SMILES string of the molecule is CC(c1ccc(C2CCCCC2)cc1)N1CCN(c2ccc(O)c(C(=O)O)c2)CC1. The van der Waals surface area contributed by atoms with Gasteiger partial charge in [0, 0.05) is 37.9 Å². The maximum atomic E-state index is 11.3. The summed E-state index contributed by atoms with van der Waals surface area (Å²) < 4.78 is 0. The number of phenols is 1. The first-order valence-electron chi connectivity index (χ1n) is 11.2. The lowest BCUT2D eigenvalue weighted by atomic mass is 9.83. The number of aromatic hydroxyl groups is 1. The van der Waals surface area contributed by atoms with Gasteiger partial charge in [-0.05, 0) is 55.0 Å². The van der Waals surface area contributed by atoms with Crippen LogP contribution in [0, 0.1) is 0 Å². The van der Waals surface area contributed by atoms with Crippen LogP contribution in [0.3, 0.4) is 0 Å². The number of carboxylic acids is 1. The van der Waals surface area contributed by atoms with E-state index in [-0.39, 0.29) is 11.3 Å². The zero-order chi connectivity index (χ0) is 21.1. The Morgan fingerprint density at radius 2 is 1.63 bits per heavy atom. The second kappa shape index (κ2) is 9.09. The second-order valence-electron chi connectivity index (χ2n) is 8.71. The molecule has 1 saturated carbocycles. The molecule has 1 aliphatic heterocycles. The van der Waals surface area contributed by atoms with Gasteiger partial charge in [-0.1, -0.05) is 43.5 Å². The summed E-state index contributed by atoms with van der Waals surface area (Å²) in [5.74, 6) is -0.541. The number of rotatable bonds is 5. The van der Waals surface area contributed by atoms with Crippen LogP contribution in [0.5, 0.6) is 5.75 Å². The van der Waals surface area contributed by atoms with Gasteiger partial charge < -0.3 is 15.1 Å². The second-order valence-corrected chi connectivity index (χ2v) is 8.71. The van der Waals surface area contributed by atoms with Crippen molar-refractivity contribution in [2.75, 3.05) is 31.1 Å². The molecule has 1 unspecified atom stereocenters. The van der Waals surface area contributed by atoms with Crippen molar-refractivity contribution in [2.24, 2.45) is 0 Å². The van der Waals surface area contributed by atoms with Crippen LogP contribution < -0.4 is 4.90 Å². The van der Waals surface area contributed by atoms with E-state index in [1.54, 1.807) is 12.1 Å². The summed E-state index contributed by atoms with van der Waals surface area (Å²) in [4.78, 5) is 16.0. The van der Waals surface area contributed by atoms with Gasteiger partial charge in [0.05, 0.1) is 0 Å². The van der Waals surface area contributed by atoms with Crippen molar-refractivity contribution in [3.8, 4) is 5.75 Å². The Kier molecular flexibility index (Phi) is 6.28. The van der Waals surface area contributed by atoms with Crippen molar-refractivity contribution in [3.05, 3.63) is 59.2 Å². The van der Waals surface area contributed by atoms with Gasteiger partial charge >= 0.3 is 5.97 Å². The van der Waals surface area contributed by atoms with Crippen LogP contribution in [-0.4, -0.2) is 47.3 Å². The van der Waals surface area contributed by atoms with Gasteiger partial charge in [0.2, 0.25) is 0 Å². The van der Waals surface area contributed by atoms with E-state index in [4.69, 9.17) is 0 Å². The molecule has 1 heterocycles. The summed E-state index contributed by atoms with van der Waals surface area (Å²) in [6.07, 6.45) is 6.78. The van der Waals surface area contributed by atoms with Gasteiger partial charge in [0.1, 0.15) is 11.3 Å². The van der Waals surface area contributed by atoms with Crippen molar-refractivity contribution in [2.45, 2.75) is 51.0 Å². The molecule has 5 heteroatoms. The number of carboxylic acid groups (broad SMARTS) is 1. The number of hydrogen-bond acceptors (Lipinski definition) is 4. The molecule has 1 saturated heterocycles. The van der Waals surface area contributed by atoms with Crippen LogP contribution in [0.15, 0.2) is 42.5 Å². The lowest BCUT2D eigenvalue weighted by Crippen LogP contribution is -2.47. The molecule has 4 rings (SSSR count). The Morgan fingerprint density at radius 3 is 2.27 bits per heavy atom. The Balaban J connectivity index is 1.37. The van der Waals surface area contributed by atoms with Crippen LogP contribution in [0.1, 0.15) is 72.5 Å². The van der Waals surface area contributed by atoms with E-state index >= 15 is 0 Å². The molecule has 1 atom stereocenters. The maximum absolute atomic E-state index is 11.3. The third kappa shape index (κ3) is 4.46. The van der Waals surface area contributed by atoms with E-state index in [0.29, 0.717) is 6.04 Å². The van der Waals surface area contributed by atoms with Crippen LogP contribution in [0.2, 0.25) is 0 Å². The molecule has 2 aromatic rings. The number of anilines is 1. The highest BCUT2D eigenvalue weighted by Crippen LogP contribution is 2.34. The normalized spacial score (nSPS) is 19.6. The van der Waals surface area contributed by atoms with E-state index in [2.05, 4.69) is 41.0 Å². The maximum Gasteiger partial charge on any atom is 0.339 e. The number of benzene rings is 2. The lowest BCUT2D eigenvalue weighted by Gasteiger charge is -2.39. The summed E-state index contributed by atoms with van der Waals surface area (Å²) in [5, 5.41) is 19.0. The molecule has 5 nitrogen and oxygen atoms in total. The number of carbonyl (C=O) groups is 1. The fourth-order valence-electron chi connectivity index (χ4n) is 4.95. The molecule has 0 amide bonds. The lowest BCUT2D eigenvalue weighted by molar-refractivity contribution is 0.0693. The fourth-order valence-corrected chi connectivity index (χ4v) is 4.95. The van der Waals surface area contributed by atoms with Gasteiger partial charge in [-0.15, -0.1) is 0 Å². The first-order chi connectivity index (χ1) is 14.5. The molecule has 0 radical (unpaired) electrons. The highest BCUT2D eigenvalue weighted by Gasteiger charge is 2.24. The first-order valence-corrected chi connectivity index (χ1v) is 11.2. The quantitative estimate of drug-likeness (QED) is 0.727. The van der Waals surface area contributed by atoms with E-state index in [9.17, 15) is 15.0 Å². The smallest absolute Gasteiger partial charge is 0.339 e. The molecular formula is C25H32N2O3. The Labute approximate surface area is 178 Å². The summed E-state index contributed by atoms with van der Waals surface area (Å²) in [7, 11) is 0. The summed E-state index contributed by atoms with van der Waals surface area (Å²) >= 11 is 0. The minimum absolute atomic E-state index is 0.0404. The van der Waals surface area contributed by atoms with Gasteiger partial charge in [-0.25, -0.2) is 4.79 Å². The topological polar surface area (TPSA) is 64.0 Å². The Bertz CT molecular complexity index is 866. The zero-order valence-corrected chi connectivity index (χ0v) is 17.8. The van der Waals surface area contributed by atoms with Crippen molar-refractivity contribution in [1.29, 1.82) is 0 Å². The minimum atomic E-state index is -1.10. The van der Waals surface area contributed by atoms with Crippen molar-refractivity contribution >= 4 is 11.7 Å². The summed E-state index contributed by atoms with van der Waals surface area (Å²) in [6.45, 7) is 5.81. The molecule has 2 fully saturated rings. The molecule has 1 aliphatic carbocycles. The predicted octanol–water partition coefficient (Wildman–Crippen LogP) is 5.02. The molecule has 0 spiro atoms. The third-order valence-corrected chi connectivity index (χ3v) is 6.93. The fraction of sp³-hybridized carbons (Fsp3) is 0.480. The van der Waals surface area contributed by atoms with Crippen LogP contribution in [-0.2, 0) is 0 Å². The monoisotopic (exact) mass is 408 g/mol. The first kappa shape index (κ1) is 20.7. The molecule has 2 aromatic carbocycles. The molecule has 0 bridgehead atoms. The zero-order valence-electron chi connectivity index (χ0n) is 17.8. The Hall–Kier alpha value is -2.53. The molecule has 30 heavy (non-hydrogen) atoms. The molecule has 160 valence electrons. The number of hydrogen-bond donors (Lipinski definition) is 2. The summed E-state index contributed by atoms with van der Waals surface area (Å²) in [5.41, 5.74) is 3.67. The molecule has 2 N–H and O–H groups in total. The van der Waals surface area contributed by atoms with Crippen molar-refractivity contribution in [3.63, 3.8) is 0 Å². The number of aromatic carboxylic acids is 1. The van der Waals surface area contributed by atoms with E-state index in [1.807, 2.05) is 0 Å². The van der Waals surface area contributed by atoms with Crippen molar-refractivity contribution in [1.82, 2.24) is 4.90 Å². The van der Waals surface area contributed by atoms with Gasteiger partial charge in [-0.3, -0.25) is 4.90 Å². The average Bonchev–Trinajstić information content (AvgIpc) is 2.79. The highest BCUT2D eigenvalue weighted by molar-refractivity contribution is 5.92. The number of nitrogens with zero attached hydrogens (tertiary/aromatic N) is 2. The highest BCUT2D eigenvalue weighted by atomic mass is 16.4. The van der Waals surface area contributed by atoms with Gasteiger partial charge in [0.25, 0.3) is 0 Å². The largest absolute Gasteiger partial charge is 0.507 e. The van der Waals surface area contributed by atoms with E-state index in [1.165, 1.54) is 49.3 Å². The molecule has 0 aromatic heterocycles. The Morgan fingerprint density at radius 1 is 0.967 bits per heavy atom. The van der Waals surface area contributed by atoms with Crippen LogP contribution >= 0.6 is 0 Å². The minimum Gasteiger partial charge on any atom is -0.507 e. The predicted molar refractivity (Wildman–Crippen MR) is 120 cm³/mol. The van der Waals surface area contributed by atoms with Crippen LogP contribution in [0.25, 0.3) is 0 Å². The number of piperazine rings is 1. The average molecular weight is 409 g/mol. The van der Waals surface area contributed by atoms with Crippen LogP contribution in [0.4, 0.5) is 5.69 Å². The van der Waals surface area contributed by atoms with Crippen molar-refractivity contribution < 1.29 is 15.0 Å². The molecular weight excluding hydrogens is 376 g/mol. The van der Waals surface area contributed by atoms with E-state index < -0.39 is 5.97 Å². The summed E-state index contributed by atoms with van der Waals surface area (Å²) in [6, 6.07) is 14.5. The van der Waals surface area contributed by atoms with E-state index in [0.717, 1.165) is 37.8 Å².